The van der Waals surface area contributed by atoms with Gasteiger partial charge in [-0.1, -0.05) is 12.3 Å². The molecule has 2 heteroatoms. The zero-order valence-corrected chi connectivity index (χ0v) is 7.49. The van der Waals surface area contributed by atoms with E-state index in [1.165, 1.54) is 0 Å². The van der Waals surface area contributed by atoms with Crippen molar-refractivity contribution in [2.45, 2.75) is 43.6 Å². The van der Waals surface area contributed by atoms with E-state index in [0.29, 0.717) is 0 Å². The van der Waals surface area contributed by atoms with Crippen LogP contribution in [0.25, 0.3) is 0 Å². The van der Waals surface area contributed by atoms with Gasteiger partial charge in [0.2, 0.25) is 0 Å². The predicted molar refractivity (Wildman–Crippen MR) is 46.5 cm³/mol. The van der Waals surface area contributed by atoms with Crippen LogP contribution in [0.1, 0.15) is 32.6 Å². The lowest BCUT2D eigenvalue weighted by atomic mass is 9.85. The van der Waals surface area contributed by atoms with Crippen LogP contribution in [-0.2, 0) is 0 Å². The number of hydrogen-bond acceptors (Lipinski definition) is 1. The molecule has 1 aliphatic rings. The molecule has 62 valence electrons. The molecule has 0 aliphatic heterocycles. The molecule has 2 unspecified atom stereocenters. The maximum Gasteiger partial charge on any atom is 0.141 e. The molecule has 0 saturated heterocycles. The van der Waals surface area contributed by atoms with E-state index in [1.54, 1.807) is 6.92 Å². The van der Waals surface area contributed by atoms with E-state index in [4.69, 9.17) is 11.6 Å². The highest BCUT2D eigenvalue weighted by Crippen LogP contribution is 2.31. The quantitative estimate of drug-likeness (QED) is 0.437. The Morgan fingerprint density at radius 2 is 2.27 bits per heavy atom. The lowest BCUT2D eigenvalue weighted by molar-refractivity contribution is 0.0653. The summed E-state index contributed by atoms with van der Waals surface area (Å²) in [7, 11) is 0. The van der Waals surface area contributed by atoms with Gasteiger partial charge in [0.15, 0.2) is 0 Å². The molecule has 1 saturated carbocycles. The van der Waals surface area contributed by atoms with Gasteiger partial charge >= 0.3 is 0 Å². The third kappa shape index (κ3) is 1.89. The number of aliphatic hydroxyl groups is 1. The zero-order chi connectivity index (χ0) is 8.32. The fourth-order valence-electron chi connectivity index (χ4n) is 1.47. The van der Waals surface area contributed by atoms with Crippen LogP contribution >= 0.6 is 11.6 Å². The van der Waals surface area contributed by atoms with Crippen molar-refractivity contribution in [3.63, 3.8) is 0 Å². The second-order valence-corrected chi connectivity index (χ2v) is 3.54. The summed E-state index contributed by atoms with van der Waals surface area (Å²) in [5.74, 6) is 5.51. The van der Waals surface area contributed by atoms with Crippen LogP contribution in [0.4, 0.5) is 0 Å². The first-order chi connectivity index (χ1) is 5.19. The summed E-state index contributed by atoms with van der Waals surface area (Å²) in [4.78, 5) is 0. The monoisotopic (exact) mass is 172 g/mol. The van der Waals surface area contributed by atoms with Gasteiger partial charge < -0.3 is 5.11 Å². The van der Waals surface area contributed by atoms with Gasteiger partial charge in [-0.25, -0.2) is 0 Å². The highest BCUT2D eigenvalue weighted by atomic mass is 35.5. The third-order valence-electron chi connectivity index (χ3n) is 2.13. The van der Waals surface area contributed by atoms with Gasteiger partial charge in [-0.05, 0) is 26.2 Å². The zero-order valence-electron chi connectivity index (χ0n) is 6.73. The molecular weight excluding hydrogens is 160 g/mol. The molecule has 0 aromatic rings. The molecule has 0 aromatic heterocycles. The first-order valence-electron chi connectivity index (χ1n) is 3.99. The minimum absolute atomic E-state index is 0.177. The number of alkyl halides is 1. The molecule has 1 aliphatic carbocycles. The molecule has 0 spiro atoms. The fraction of sp³-hybridized carbons (Fsp3) is 0.778. The van der Waals surface area contributed by atoms with Crippen LogP contribution in [-0.4, -0.2) is 16.1 Å². The summed E-state index contributed by atoms with van der Waals surface area (Å²) < 4.78 is 0. The van der Waals surface area contributed by atoms with Crippen LogP contribution in [0.15, 0.2) is 0 Å². The summed E-state index contributed by atoms with van der Waals surface area (Å²) in [6.07, 6.45) is 3.75. The topological polar surface area (TPSA) is 20.2 Å². The van der Waals surface area contributed by atoms with Crippen LogP contribution in [0.3, 0.4) is 0 Å². The van der Waals surface area contributed by atoms with E-state index in [-0.39, 0.29) is 5.38 Å². The number of rotatable bonds is 0. The van der Waals surface area contributed by atoms with Crippen molar-refractivity contribution in [2.75, 3.05) is 0 Å². The largest absolute Gasteiger partial charge is 0.376 e. The van der Waals surface area contributed by atoms with Gasteiger partial charge in [0.1, 0.15) is 5.60 Å². The molecule has 1 nitrogen and oxygen atoms in total. The molecule has 11 heavy (non-hydrogen) atoms. The van der Waals surface area contributed by atoms with Gasteiger partial charge in [-0.3, -0.25) is 0 Å². The molecule has 1 rings (SSSR count). The summed E-state index contributed by atoms with van der Waals surface area (Å²) in [6.45, 7) is 1.73. The van der Waals surface area contributed by atoms with Crippen LogP contribution in [0, 0.1) is 11.8 Å². The second-order valence-electron chi connectivity index (χ2n) is 3.01. The molecule has 0 amide bonds. The van der Waals surface area contributed by atoms with Crippen molar-refractivity contribution in [1.82, 2.24) is 0 Å². The van der Waals surface area contributed by atoms with Crippen molar-refractivity contribution in [2.24, 2.45) is 0 Å². The minimum atomic E-state index is -0.908. The van der Waals surface area contributed by atoms with E-state index in [9.17, 15) is 5.11 Å². The molecule has 1 fully saturated rings. The summed E-state index contributed by atoms with van der Waals surface area (Å²) >= 11 is 5.95. The number of halogens is 1. The molecule has 0 heterocycles. The van der Waals surface area contributed by atoms with E-state index in [2.05, 4.69) is 11.8 Å². The van der Waals surface area contributed by atoms with Gasteiger partial charge in [0, 0.05) is 0 Å². The van der Waals surface area contributed by atoms with E-state index in [0.717, 1.165) is 25.7 Å². The van der Waals surface area contributed by atoms with E-state index >= 15 is 0 Å². The van der Waals surface area contributed by atoms with Crippen molar-refractivity contribution in [3.05, 3.63) is 0 Å². The molecule has 0 radical (unpaired) electrons. The van der Waals surface area contributed by atoms with Gasteiger partial charge in [-0.2, -0.15) is 0 Å². The number of hydrogen-bond donors (Lipinski definition) is 1. The Balaban J connectivity index is 2.69. The first-order valence-corrected chi connectivity index (χ1v) is 4.43. The Morgan fingerprint density at radius 3 is 2.82 bits per heavy atom. The molecule has 1 N–H and O–H groups in total. The lowest BCUT2D eigenvalue weighted by Crippen LogP contribution is -2.40. The second kappa shape index (κ2) is 3.47. The fourth-order valence-corrected chi connectivity index (χ4v) is 1.79. The Hall–Kier alpha value is -0.190. The van der Waals surface area contributed by atoms with Crippen molar-refractivity contribution in [1.29, 1.82) is 0 Å². The Labute approximate surface area is 72.7 Å². The Bertz CT molecular complexity index is 191. The average Bonchev–Trinajstić information content (AvgIpc) is 1.96. The Kier molecular flexibility index (Phi) is 2.81. The van der Waals surface area contributed by atoms with Crippen molar-refractivity contribution in [3.8, 4) is 11.8 Å². The van der Waals surface area contributed by atoms with Gasteiger partial charge in [0.05, 0.1) is 5.38 Å². The summed E-state index contributed by atoms with van der Waals surface area (Å²) in [5.41, 5.74) is -0.908. The highest BCUT2D eigenvalue weighted by Gasteiger charge is 2.35. The van der Waals surface area contributed by atoms with E-state index in [1.807, 2.05) is 0 Å². The highest BCUT2D eigenvalue weighted by molar-refractivity contribution is 6.21. The van der Waals surface area contributed by atoms with Gasteiger partial charge in [-0.15, -0.1) is 17.5 Å². The predicted octanol–water partition coefficient (Wildman–Crippen LogP) is 1.92. The van der Waals surface area contributed by atoms with Gasteiger partial charge in [0.25, 0.3) is 0 Å². The molecule has 2 atom stereocenters. The Morgan fingerprint density at radius 1 is 1.55 bits per heavy atom. The van der Waals surface area contributed by atoms with Crippen LogP contribution in [0.5, 0.6) is 0 Å². The van der Waals surface area contributed by atoms with Crippen LogP contribution in [0.2, 0.25) is 0 Å². The first kappa shape index (κ1) is 8.90. The van der Waals surface area contributed by atoms with Crippen LogP contribution < -0.4 is 0 Å². The third-order valence-corrected chi connectivity index (χ3v) is 2.70. The standard InChI is InChI=1S/C9H13ClO/c1-2-6-9(11)7-4-3-5-8(9)10/h8,11H,3-5,7H2,1H3. The summed E-state index contributed by atoms with van der Waals surface area (Å²) in [6, 6.07) is 0. The normalized spacial score (nSPS) is 37.5. The average molecular weight is 173 g/mol. The van der Waals surface area contributed by atoms with Crippen molar-refractivity contribution >= 4 is 11.6 Å². The SMILES string of the molecule is CC#CC1(O)CCCCC1Cl. The summed E-state index contributed by atoms with van der Waals surface area (Å²) in [5, 5.41) is 9.66. The maximum atomic E-state index is 9.83. The molecule has 0 aromatic carbocycles. The lowest BCUT2D eigenvalue weighted by Gasteiger charge is -2.31. The molecule has 0 bridgehead atoms. The van der Waals surface area contributed by atoms with Crippen molar-refractivity contribution < 1.29 is 5.11 Å². The van der Waals surface area contributed by atoms with E-state index < -0.39 is 5.60 Å². The smallest absolute Gasteiger partial charge is 0.141 e. The minimum Gasteiger partial charge on any atom is -0.376 e. The maximum absolute atomic E-state index is 9.83. The molecular formula is C9H13ClO.